The molecule has 0 radical (unpaired) electrons. The van der Waals surface area contributed by atoms with Crippen molar-refractivity contribution < 1.29 is 0 Å². The Balaban J connectivity index is 0.00000288. The lowest BCUT2D eigenvalue weighted by Gasteiger charge is -2.29. The molecule has 2 unspecified atom stereocenters. The van der Waals surface area contributed by atoms with Gasteiger partial charge in [-0.05, 0) is 57.8 Å². The second-order valence-electron chi connectivity index (χ2n) is 7.23. The quantitative estimate of drug-likeness (QED) is 0.355. The number of piperidine rings is 1. The first kappa shape index (κ1) is 22.0. The first-order valence-corrected chi connectivity index (χ1v) is 9.63. The molecular weight excluding hydrogens is 413 g/mol. The first-order chi connectivity index (χ1) is 11.2. The van der Waals surface area contributed by atoms with E-state index in [0.29, 0.717) is 12.0 Å². The molecule has 6 heteroatoms. The summed E-state index contributed by atoms with van der Waals surface area (Å²) in [5.41, 5.74) is 0. The predicted octanol–water partition coefficient (Wildman–Crippen LogP) is 2.38. The number of nitrogens with zero attached hydrogens (tertiary/aromatic N) is 3. The molecule has 2 N–H and O–H groups in total. The summed E-state index contributed by atoms with van der Waals surface area (Å²) in [6, 6.07) is 0.671. The zero-order chi connectivity index (χ0) is 16.5. The number of rotatable bonds is 7. The van der Waals surface area contributed by atoms with Crippen molar-refractivity contribution in [2.75, 3.05) is 52.9 Å². The highest BCUT2D eigenvalue weighted by Crippen LogP contribution is 2.15. The second kappa shape index (κ2) is 12.3. The molecule has 2 fully saturated rings. The monoisotopic (exact) mass is 451 g/mol. The molecule has 0 saturated carbocycles. The van der Waals surface area contributed by atoms with Crippen molar-refractivity contribution in [1.29, 1.82) is 0 Å². The van der Waals surface area contributed by atoms with E-state index in [1.165, 1.54) is 58.3 Å². The standard InChI is InChI=1S/C18H37N5.HI/c1-4-23-12-8-9-17(23)14-21-18(19-3)20-13-16(2)15-22-10-6-5-7-11-22;/h16-17H,4-15H2,1-3H3,(H2,19,20,21);1H. The number of guanidine groups is 1. The van der Waals surface area contributed by atoms with Gasteiger partial charge in [-0.3, -0.25) is 9.89 Å². The van der Waals surface area contributed by atoms with Gasteiger partial charge >= 0.3 is 0 Å². The van der Waals surface area contributed by atoms with Gasteiger partial charge < -0.3 is 15.5 Å². The summed E-state index contributed by atoms with van der Waals surface area (Å²) in [5.74, 6) is 1.61. The van der Waals surface area contributed by atoms with Crippen LogP contribution in [0.2, 0.25) is 0 Å². The van der Waals surface area contributed by atoms with Crippen molar-refractivity contribution in [3.8, 4) is 0 Å². The van der Waals surface area contributed by atoms with E-state index in [1.54, 1.807) is 0 Å². The zero-order valence-corrected chi connectivity index (χ0v) is 18.2. The Hall–Kier alpha value is -0.0800. The minimum absolute atomic E-state index is 0. The Morgan fingerprint density at radius 1 is 1.12 bits per heavy atom. The minimum Gasteiger partial charge on any atom is -0.356 e. The molecule has 0 aromatic rings. The highest BCUT2D eigenvalue weighted by Gasteiger charge is 2.22. The Bertz CT molecular complexity index is 357. The van der Waals surface area contributed by atoms with Gasteiger partial charge in [0.05, 0.1) is 0 Å². The Morgan fingerprint density at radius 3 is 2.54 bits per heavy atom. The predicted molar refractivity (Wildman–Crippen MR) is 115 cm³/mol. The minimum atomic E-state index is 0. The van der Waals surface area contributed by atoms with Crippen LogP contribution >= 0.6 is 24.0 Å². The molecule has 0 aromatic heterocycles. The van der Waals surface area contributed by atoms with Crippen molar-refractivity contribution in [3.63, 3.8) is 0 Å². The number of nitrogens with one attached hydrogen (secondary N) is 2. The van der Waals surface area contributed by atoms with Gasteiger partial charge in [0.1, 0.15) is 0 Å². The normalized spacial score (nSPS) is 24.5. The van der Waals surface area contributed by atoms with E-state index in [-0.39, 0.29) is 24.0 Å². The van der Waals surface area contributed by atoms with Crippen LogP contribution in [0.3, 0.4) is 0 Å². The molecule has 142 valence electrons. The SMILES string of the molecule is CCN1CCCC1CNC(=NC)NCC(C)CN1CCCCC1.I. The molecule has 2 saturated heterocycles. The summed E-state index contributed by atoms with van der Waals surface area (Å²) >= 11 is 0. The zero-order valence-electron chi connectivity index (χ0n) is 15.9. The van der Waals surface area contributed by atoms with E-state index in [0.717, 1.165) is 25.6 Å². The van der Waals surface area contributed by atoms with Crippen LogP contribution in [-0.2, 0) is 0 Å². The number of likely N-dealkylation sites (N-methyl/N-ethyl adjacent to an activating group) is 1. The molecule has 2 rings (SSSR count). The van der Waals surface area contributed by atoms with Gasteiger partial charge in [0, 0.05) is 32.7 Å². The molecule has 2 atom stereocenters. The molecule has 0 aromatic carbocycles. The second-order valence-corrected chi connectivity index (χ2v) is 7.23. The number of hydrogen-bond donors (Lipinski definition) is 2. The van der Waals surface area contributed by atoms with Gasteiger partial charge in [0.15, 0.2) is 5.96 Å². The van der Waals surface area contributed by atoms with Crippen LogP contribution in [0.1, 0.15) is 46.0 Å². The molecule has 2 heterocycles. The van der Waals surface area contributed by atoms with Gasteiger partial charge in [-0.1, -0.05) is 20.3 Å². The lowest BCUT2D eigenvalue weighted by Crippen LogP contribution is -2.46. The number of likely N-dealkylation sites (tertiary alicyclic amines) is 2. The third kappa shape index (κ3) is 7.44. The fraction of sp³-hybridized carbons (Fsp3) is 0.944. The van der Waals surface area contributed by atoms with Crippen LogP contribution in [0.5, 0.6) is 0 Å². The number of hydrogen-bond acceptors (Lipinski definition) is 3. The third-order valence-electron chi connectivity index (χ3n) is 5.27. The topological polar surface area (TPSA) is 42.9 Å². The van der Waals surface area contributed by atoms with Gasteiger partial charge in [0.2, 0.25) is 0 Å². The third-order valence-corrected chi connectivity index (χ3v) is 5.27. The van der Waals surface area contributed by atoms with Crippen molar-refractivity contribution in [2.45, 2.75) is 52.0 Å². The summed E-state index contributed by atoms with van der Waals surface area (Å²) in [6.07, 6.45) is 6.80. The largest absolute Gasteiger partial charge is 0.356 e. The summed E-state index contributed by atoms with van der Waals surface area (Å²) in [6.45, 7) is 12.8. The summed E-state index contributed by atoms with van der Waals surface area (Å²) in [5, 5.41) is 7.03. The van der Waals surface area contributed by atoms with E-state index >= 15 is 0 Å². The molecule has 2 aliphatic rings. The average Bonchev–Trinajstić information content (AvgIpc) is 3.03. The van der Waals surface area contributed by atoms with Gasteiger partial charge in [-0.15, -0.1) is 24.0 Å². The molecule has 0 spiro atoms. The fourth-order valence-corrected chi connectivity index (χ4v) is 3.90. The molecule has 0 aliphatic carbocycles. The first-order valence-electron chi connectivity index (χ1n) is 9.63. The van der Waals surface area contributed by atoms with Crippen molar-refractivity contribution in [3.05, 3.63) is 0 Å². The van der Waals surface area contributed by atoms with E-state index in [1.807, 2.05) is 7.05 Å². The lowest BCUT2D eigenvalue weighted by molar-refractivity contribution is 0.201. The van der Waals surface area contributed by atoms with E-state index in [9.17, 15) is 0 Å². The Morgan fingerprint density at radius 2 is 1.88 bits per heavy atom. The maximum Gasteiger partial charge on any atom is 0.191 e. The lowest BCUT2D eigenvalue weighted by atomic mass is 10.1. The maximum absolute atomic E-state index is 4.38. The van der Waals surface area contributed by atoms with Gasteiger partial charge in [0.25, 0.3) is 0 Å². The Labute approximate surface area is 166 Å². The molecule has 2 aliphatic heterocycles. The van der Waals surface area contributed by atoms with E-state index in [2.05, 4.69) is 39.3 Å². The molecule has 0 bridgehead atoms. The number of aliphatic imine (C=N–C) groups is 1. The molecule has 0 amide bonds. The van der Waals surface area contributed by atoms with Crippen LogP contribution in [0.25, 0.3) is 0 Å². The van der Waals surface area contributed by atoms with Crippen molar-refractivity contribution in [2.24, 2.45) is 10.9 Å². The van der Waals surface area contributed by atoms with Crippen LogP contribution in [0, 0.1) is 5.92 Å². The van der Waals surface area contributed by atoms with Crippen LogP contribution < -0.4 is 10.6 Å². The maximum atomic E-state index is 4.38. The summed E-state index contributed by atoms with van der Waals surface area (Å²) in [7, 11) is 1.87. The van der Waals surface area contributed by atoms with Crippen LogP contribution in [-0.4, -0.2) is 74.7 Å². The highest BCUT2D eigenvalue weighted by molar-refractivity contribution is 14.0. The molecule has 24 heavy (non-hydrogen) atoms. The highest BCUT2D eigenvalue weighted by atomic mass is 127. The van der Waals surface area contributed by atoms with Gasteiger partial charge in [-0.2, -0.15) is 0 Å². The van der Waals surface area contributed by atoms with Crippen LogP contribution in [0.4, 0.5) is 0 Å². The molecular formula is C18H38IN5. The molecule has 5 nitrogen and oxygen atoms in total. The van der Waals surface area contributed by atoms with Crippen molar-refractivity contribution in [1.82, 2.24) is 20.4 Å². The van der Waals surface area contributed by atoms with Crippen molar-refractivity contribution >= 4 is 29.9 Å². The fourth-order valence-electron chi connectivity index (χ4n) is 3.90. The Kier molecular flexibility index (Phi) is 11.3. The smallest absolute Gasteiger partial charge is 0.191 e. The number of halogens is 1. The van der Waals surface area contributed by atoms with E-state index in [4.69, 9.17) is 0 Å². The van der Waals surface area contributed by atoms with Gasteiger partial charge in [-0.25, -0.2) is 0 Å². The average molecular weight is 451 g/mol. The summed E-state index contributed by atoms with van der Waals surface area (Å²) < 4.78 is 0. The van der Waals surface area contributed by atoms with Crippen LogP contribution in [0.15, 0.2) is 4.99 Å². The summed E-state index contributed by atoms with van der Waals surface area (Å²) in [4.78, 5) is 9.56. The van der Waals surface area contributed by atoms with E-state index < -0.39 is 0 Å².